The lowest BCUT2D eigenvalue weighted by Gasteiger charge is -2.26. The maximum absolute atomic E-state index is 5.84. The zero-order valence-electron chi connectivity index (χ0n) is 17.2. The number of allylic oxidation sites excluding steroid dienone is 1. The molecule has 2 aromatic carbocycles. The van der Waals surface area contributed by atoms with Gasteiger partial charge in [0.15, 0.2) is 0 Å². The fraction of sp³-hybridized carbons (Fsp3) is 0.440. The van der Waals surface area contributed by atoms with Crippen LogP contribution < -0.4 is 10.6 Å². The third-order valence-electron chi connectivity index (χ3n) is 4.99. The summed E-state index contributed by atoms with van der Waals surface area (Å²) in [6.45, 7) is 4.59. The van der Waals surface area contributed by atoms with Crippen LogP contribution in [0, 0.1) is 5.92 Å². The Balaban J connectivity index is 2.03. The first kappa shape index (κ1) is 21.9. The molecular weight excluding hydrogens is 347 g/mol. The van der Waals surface area contributed by atoms with E-state index >= 15 is 0 Å². The van der Waals surface area contributed by atoms with Gasteiger partial charge in [-0.1, -0.05) is 106 Å². The van der Waals surface area contributed by atoms with Crippen LogP contribution in [0.2, 0.25) is 0 Å². The van der Waals surface area contributed by atoms with Crippen LogP contribution in [0.1, 0.15) is 46.0 Å². The van der Waals surface area contributed by atoms with Gasteiger partial charge in [0.05, 0.1) is 6.10 Å². The van der Waals surface area contributed by atoms with Crippen molar-refractivity contribution in [1.29, 1.82) is 0 Å². The lowest BCUT2D eigenvalue weighted by molar-refractivity contribution is 0.104. The van der Waals surface area contributed by atoms with Crippen molar-refractivity contribution in [2.75, 3.05) is 13.3 Å². The molecule has 2 aromatic rings. The van der Waals surface area contributed by atoms with E-state index in [4.69, 9.17) is 4.74 Å². The molecule has 146 valence electrons. The average Bonchev–Trinajstić information content (AvgIpc) is 2.72. The van der Waals surface area contributed by atoms with Crippen LogP contribution in [0.4, 0.5) is 0 Å². The Morgan fingerprint density at radius 3 is 2.00 bits per heavy atom. The molecule has 1 nitrogen and oxygen atoms in total. The maximum atomic E-state index is 5.84. The standard InChI is InChI=1S/C25H35OP/c1-4-5-6-7-8-15-20-25(26-3)22(2)21-27(23-16-11-9-12-17-23)24-18-13-10-14-19-24/h9-20,22,25H,4-8,21H2,1-3H3/b20-15+/t22-,25-/m1/s1. The number of benzene rings is 2. The van der Waals surface area contributed by atoms with E-state index in [-0.39, 0.29) is 14.0 Å². The van der Waals surface area contributed by atoms with Crippen molar-refractivity contribution in [1.82, 2.24) is 0 Å². The number of ether oxygens (including phenoxy) is 1. The predicted molar refractivity (Wildman–Crippen MR) is 122 cm³/mol. The molecule has 0 spiro atoms. The van der Waals surface area contributed by atoms with Crippen molar-refractivity contribution >= 4 is 18.5 Å². The predicted octanol–water partition coefficient (Wildman–Crippen LogP) is 6.30. The SMILES string of the molecule is CCCCCC/C=C/[C@@H](OC)[C@H](C)CP(c1ccccc1)c1ccccc1. The molecule has 0 saturated carbocycles. The van der Waals surface area contributed by atoms with E-state index in [0.29, 0.717) is 5.92 Å². The minimum absolute atomic E-state index is 0.189. The molecule has 0 unspecified atom stereocenters. The summed E-state index contributed by atoms with van der Waals surface area (Å²) >= 11 is 0. The number of hydrogen-bond donors (Lipinski definition) is 0. The van der Waals surface area contributed by atoms with Gasteiger partial charge >= 0.3 is 0 Å². The number of unbranched alkanes of at least 4 members (excludes halogenated alkanes) is 4. The fourth-order valence-corrected chi connectivity index (χ4v) is 5.96. The molecule has 0 aromatic heterocycles. The monoisotopic (exact) mass is 382 g/mol. The molecule has 0 amide bonds. The Morgan fingerprint density at radius 1 is 0.889 bits per heavy atom. The van der Waals surface area contributed by atoms with E-state index in [2.05, 4.69) is 86.7 Å². The van der Waals surface area contributed by atoms with Gasteiger partial charge < -0.3 is 4.74 Å². The number of methoxy groups -OCH3 is 1. The molecule has 0 radical (unpaired) electrons. The van der Waals surface area contributed by atoms with Crippen molar-refractivity contribution in [2.24, 2.45) is 5.92 Å². The Morgan fingerprint density at radius 2 is 1.48 bits per heavy atom. The Hall–Kier alpha value is -1.43. The van der Waals surface area contributed by atoms with Crippen LogP contribution >= 0.6 is 7.92 Å². The molecular formula is C25H35OP. The summed E-state index contributed by atoms with van der Waals surface area (Å²) in [5, 5.41) is 2.90. The van der Waals surface area contributed by atoms with E-state index in [1.54, 1.807) is 0 Å². The Labute approximate surface area is 167 Å². The highest BCUT2D eigenvalue weighted by Gasteiger charge is 2.21. The van der Waals surface area contributed by atoms with Crippen molar-refractivity contribution < 1.29 is 4.74 Å². The van der Waals surface area contributed by atoms with E-state index in [0.717, 1.165) is 6.16 Å². The van der Waals surface area contributed by atoms with Crippen LogP contribution in [0.5, 0.6) is 0 Å². The summed E-state index contributed by atoms with van der Waals surface area (Å²) in [5.74, 6) is 0.480. The van der Waals surface area contributed by atoms with Gasteiger partial charge in [0.1, 0.15) is 0 Å². The summed E-state index contributed by atoms with van der Waals surface area (Å²) in [6.07, 6.45) is 12.4. The molecule has 27 heavy (non-hydrogen) atoms. The van der Waals surface area contributed by atoms with Gasteiger partial charge in [-0.25, -0.2) is 0 Å². The Bertz CT molecular complexity index is 598. The summed E-state index contributed by atoms with van der Waals surface area (Å²) < 4.78 is 5.84. The molecule has 0 aliphatic rings. The molecule has 0 aliphatic carbocycles. The zero-order valence-corrected chi connectivity index (χ0v) is 18.1. The molecule has 2 rings (SSSR count). The van der Waals surface area contributed by atoms with Crippen LogP contribution in [0.3, 0.4) is 0 Å². The van der Waals surface area contributed by atoms with Crippen molar-refractivity contribution in [3.8, 4) is 0 Å². The quantitative estimate of drug-likeness (QED) is 0.238. The summed E-state index contributed by atoms with van der Waals surface area (Å²) in [6, 6.07) is 21.9. The molecule has 0 aliphatic heterocycles. The van der Waals surface area contributed by atoms with Crippen LogP contribution in [-0.2, 0) is 4.74 Å². The lowest BCUT2D eigenvalue weighted by Crippen LogP contribution is -2.25. The second-order valence-corrected chi connectivity index (χ2v) is 9.49. The normalized spacial score (nSPS) is 13.9. The minimum atomic E-state index is -0.369. The smallest absolute Gasteiger partial charge is 0.0781 e. The molecule has 2 atom stereocenters. The molecule has 0 N–H and O–H groups in total. The highest BCUT2D eigenvalue weighted by atomic mass is 31.1. The lowest BCUT2D eigenvalue weighted by atomic mass is 10.1. The first-order chi connectivity index (χ1) is 13.3. The van der Waals surface area contributed by atoms with Gasteiger partial charge in [-0.2, -0.15) is 0 Å². The van der Waals surface area contributed by atoms with Crippen molar-refractivity contribution in [3.05, 3.63) is 72.8 Å². The van der Waals surface area contributed by atoms with Gasteiger partial charge in [0.25, 0.3) is 0 Å². The number of rotatable bonds is 12. The van der Waals surface area contributed by atoms with E-state index in [9.17, 15) is 0 Å². The summed E-state index contributed by atoms with van der Waals surface area (Å²) in [5.41, 5.74) is 0. The maximum Gasteiger partial charge on any atom is 0.0781 e. The first-order valence-corrected chi connectivity index (χ1v) is 11.9. The molecule has 2 heteroatoms. The minimum Gasteiger partial charge on any atom is -0.377 e. The zero-order chi connectivity index (χ0) is 19.3. The van der Waals surface area contributed by atoms with Gasteiger partial charge in [0.2, 0.25) is 0 Å². The summed E-state index contributed by atoms with van der Waals surface area (Å²) in [7, 11) is 1.47. The Kier molecular flexibility index (Phi) is 10.4. The van der Waals surface area contributed by atoms with Gasteiger partial charge in [0, 0.05) is 7.11 Å². The molecule has 0 saturated heterocycles. The largest absolute Gasteiger partial charge is 0.377 e. The van der Waals surface area contributed by atoms with Gasteiger partial charge in [-0.3, -0.25) is 0 Å². The van der Waals surface area contributed by atoms with E-state index in [1.807, 2.05) is 7.11 Å². The second-order valence-electron chi connectivity index (χ2n) is 7.24. The third kappa shape index (κ3) is 7.60. The second kappa shape index (κ2) is 12.9. The highest BCUT2D eigenvalue weighted by molar-refractivity contribution is 7.73. The van der Waals surface area contributed by atoms with Crippen LogP contribution in [-0.4, -0.2) is 19.4 Å². The van der Waals surface area contributed by atoms with E-state index < -0.39 is 0 Å². The average molecular weight is 383 g/mol. The van der Waals surface area contributed by atoms with Crippen LogP contribution in [0.15, 0.2) is 72.8 Å². The molecule has 0 bridgehead atoms. The topological polar surface area (TPSA) is 9.23 Å². The van der Waals surface area contributed by atoms with Gasteiger partial charge in [-0.15, -0.1) is 0 Å². The molecule has 0 heterocycles. The first-order valence-electron chi connectivity index (χ1n) is 10.3. The third-order valence-corrected chi connectivity index (χ3v) is 7.77. The highest BCUT2D eigenvalue weighted by Crippen LogP contribution is 2.37. The number of hydrogen-bond acceptors (Lipinski definition) is 1. The van der Waals surface area contributed by atoms with Gasteiger partial charge in [-0.05, 0) is 43.5 Å². The summed E-state index contributed by atoms with van der Waals surface area (Å²) in [4.78, 5) is 0. The van der Waals surface area contributed by atoms with E-state index in [1.165, 1.54) is 42.7 Å². The fourth-order valence-electron chi connectivity index (χ4n) is 3.39. The van der Waals surface area contributed by atoms with Crippen LogP contribution in [0.25, 0.3) is 0 Å². The van der Waals surface area contributed by atoms with Crippen molar-refractivity contribution in [3.63, 3.8) is 0 Å². The van der Waals surface area contributed by atoms with Crippen molar-refractivity contribution in [2.45, 2.75) is 52.1 Å². The molecule has 0 fully saturated rings.